The van der Waals surface area contributed by atoms with E-state index in [4.69, 9.17) is 0 Å². The molecule has 0 spiro atoms. The van der Waals surface area contributed by atoms with E-state index in [1.165, 1.54) is 31.1 Å². The number of benzene rings is 1. The summed E-state index contributed by atoms with van der Waals surface area (Å²) < 4.78 is 0. The highest BCUT2D eigenvalue weighted by atomic mass is 32.1. The largest absolute Gasteiger partial charge is 0.339 e. The Balaban J connectivity index is 1.37. The van der Waals surface area contributed by atoms with Crippen LogP contribution in [0.2, 0.25) is 0 Å². The molecular formula is C21H24N4O3S. The summed E-state index contributed by atoms with van der Waals surface area (Å²) in [5.74, 6) is -0.474. The van der Waals surface area contributed by atoms with Crippen LogP contribution in [0.5, 0.6) is 0 Å². The minimum Gasteiger partial charge on any atom is -0.339 e. The maximum atomic E-state index is 12.7. The molecular weight excluding hydrogens is 388 g/mol. The van der Waals surface area contributed by atoms with E-state index in [0.717, 1.165) is 29.8 Å². The molecule has 0 bridgehead atoms. The molecule has 1 saturated carbocycles. The molecule has 2 aromatic rings. The highest BCUT2D eigenvalue weighted by molar-refractivity contribution is 7.14. The first-order valence-corrected chi connectivity index (χ1v) is 10.8. The van der Waals surface area contributed by atoms with Crippen molar-refractivity contribution in [3.63, 3.8) is 0 Å². The van der Waals surface area contributed by atoms with Gasteiger partial charge in [-0.25, -0.2) is 4.98 Å². The highest BCUT2D eigenvalue weighted by Gasteiger charge is 2.38. The topological polar surface area (TPSA) is 91.4 Å². The monoisotopic (exact) mass is 412 g/mol. The number of carbonyl (C=O) groups is 3. The van der Waals surface area contributed by atoms with E-state index in [1.54, 1.807) is 0 Å². The number of rotatable bonds is 5. The Morgan fingerprint density at radius 3 is 2.55 bits per heavy atom. The van der Waals surface area contributed by atoms with Crippen molar-refractivity contribution in [1.29, 1.82) is 0 Å². The Morgan fingerprint density at radius 1 is 1.14 bits per heavy atom. The molecule has 3 amide bonds. The van der Waals surface area contributed by atoms with Crippen LogP contribution >= 0.6 is 11.3 Å². The van der Waals surface area contributed by atoms with Gasteiger partial charge in [-0.05, 0) is 25.0 Å². The van der Waals surface area contributed by atoms with E-state index >= 15 is 0 Å². The molecule has 1 unspecified atom stereocenters. The van der Waals surface area contributed by atoms with Crippen molar-refractivity contribution in [2.75, 3.05) is 17.2 Å². The molecule has 1 aliphatic heterocycles. The molecule has 1 saturated heterocycles. The maximum Gasteiger partial charge on any atom is 0.231 e. The Bertz CT molecular complexity index is 918. The van der Waals surface area contributed by atoms with Crippen LogP contribution in [0.4, 0.5) is 10.8 Å². The third-order valence-electron chi connectivity index (χ3n) is 5.53. The molecule has 2 aliphatic rings. The van der Waals surface area contributed by atoms with Gasteiger partial charge in [0.1, 0.15) is 0 Å². The zero-order chi connectivity index (χ0) is 20.4. The number of anilines is 2. The maximum absolute atomic E-state index is 12.7. The van der Waals surface area contributed by atoms with Crippen molar-refractivity contribution >= 4 is 39.9 Å². The van der Waals surface area contributed by atoms with E-state index in [1.807, 2.05) is 34.5 Å². The zero-order valence-electron chi connectivity index (χ0n) is 16.3. The lowest BCUT2D eigenvalue weighted by molar-refractivity contribution is -0.130. The van der Waals surface area contributed by atoms with E-state index < -0.39 is 0 Å². The van der Waals surface area contributed by atoms with Crippen LogP contribution in [0.15, 0.2) is 29.6 Å². The smallest absolute Gasteiger partial charge is 0.231 e. The molecule has 8 heteroatoms. The van der Waals surface area contributed by atoms with Gasteiger partial charge in [-0.3, -0.25) is 14.4 Å². The molecule has 1 aliphatic carbocycles. The normalized spacial score (nSPS) is 19.6. The Kier molecular flexibility index (Phi) is 5.62. The van der Waals surface area contributed by atoms with Crippen molar-refractivity contribution < 1.29 is 14.4 Å². The van der Waals surface area contributed by atoms with E-state index in [-0.39, 0.29) is 30.1 Å². The minimum atomic E-state index is -0.313. The molecule has 2 fully saturated rings. The molecule has 1 aromatic heterocycles. The van der Waals surface area contributed by atoms with Crippen molar-refractivity contribution in [2.45, 2.75) is 45.1 Å². The van der Waals surface area contributed by atoms with Crippen LogP contribution in [-0.4, -0.2) is 40.2 Å². The molecule has 1 atom stereocenters. The first-order chi connectivity index (χ1) is 14.0. The summed E-state index contributed by atoms with van der Waals surface area (Å²) in [6.07, 6.45) is 4.72. The fourth-order valence-electron chi connectivity index (χ4n) is 4.07. The number of nitrogens with one attached hydrogen (secondary N) is 2. The lowest BCUT2D eigenvalue weighted by atomic mass is 10.1. The lowest BCUT2D eigenvalue weighted by Gasteiger charge is -2.23. The Hall–Kier alpha value is -2.74. The van der Waals surface area contributed by atoms with Crippen LogP contribution < -0.4 is 10.6 Å². The van der Waals surface area contributed by atoms with Crippen molar-refractivity contribution in [3.05, 3.63) is 29.6 Å². The van der Waals surface area contributed by atoms with Crippen LogP contribution in [0.3, 0.4) is 0 Å². The molecule has 4 rings (SSSR count). The van der Waals surface area contributed by atoms with Crippen molar-refractivity contribution in [3.8, 4) is 11.3 Å². The highest BCUT2D eigenvalue weighted by Crippen LogP contribution is 2.31. The number of amides is 3. The number of carbonyl (C=O) groups excluding carboxylic acids is 3. The third kappa shape index (κ3) is 4.48. The molecule has 7 nitrogen and oxygen atoms in total. The summed E-state index contributed by atoms with van der Waals surface area (Å²) in [6.45, 7) is 1.98. The van der Waals surface area contributed by atoms with E-state index in [9.17, 15) is 14.4 Å². The van der Waals surface area contributed by atoms with Gasteiger partial charge in [0.15, 0.2) is 5.13 Å². The predicted molar refractivity (Wildman–Crippen MR) is 113 cm³/mol. The molecule has 2 N–H and O–H groups in total. The number of hydrogen-bond donors (Lipinski definition) is 2. The Morgan fingerprint density at radius 2 is 1.86 bits per heavy atom. The van der Waals surface area contributed by atoms with E-state index in [2.05, 4.69) is 15.6 Å². The summed E-state index contributed by atoms with van der Waals surface area (Å²) in [6, 6.07) is 7.70. The molecule has 152 valence electrons. The lowest BCUT2D eigenvalue weighted by Crippen LogP contribution is -2.35. The van der Waals surface area contributed by atoms with Gasteiger partial charge in [-0.2, -0.15) is 0 Å². The van der Waals surface area contributed by atoms with Gasteiger partial charge in [0.05, 0.1) is 11.6 Å². The number of likely N-dealkylation sites (tertiary alicyclic amines) is 1. The first-order valence-electron chi connectivity index (χ1n) is 9.93. The second kappa shape index (κ2) is 8.32. The van der Waals surface area contributed by atoms with E-state index in [0.29, 0.717) is 17.7 Å². The number of hydrogen-bond acceptors (Lipinski definition) is 5. The van der Waals surface area contributed by atoms with Crippen molar-refractivity contribution in [1.82, 2.24) is 9.88 Å². The van der Waals surface area contributed by atoms with Gasteiger partial charge >= 0.3 is 0 Å². The van der Waals surface area contributed by atoms with Gasteiger partial charge in [0.2, 0.25) is 17.7 Å². The number of aromatic nitrogens is 1. The molecule has 1 aromatic carbocycles. The fourth-order valence-corrected chi connectivity index (χ4v) is 4.80. The Labute approximate surface area is 173 Å². The summed E-state index contributed by atoms with van der Waals surface area (Å²) in [4.78, 5) is 42.5. The van der Waals surface area contributed by atoms with Gasteiger partial charge in [-0.1, -0.05) is 25.0 Å². The van der Waals surface area contributed by atoms with Crippen molar-refractivity contribution in [2.24, 2.45) is 5.92 Å². The van der Waals surface area contributed by atoms with Gasteiger partial charge in [-0.15, -0.1) is 11.3 Å². The second-order valence-electron chi connectivity index (χ2n) is 7.67. The minimum absolute atomic E-state index is 0.0936. The summed E-state index contributed by atoms with van der Waals surface area (Å²) in [7, 11) is 0. The number of nitrogens with zero attached hydrogens (tertiary/aromatic N) is 2. The summed E-state index contributed by atoms with van der Waals surface area (Å²) in [5.41, 5.74) is 2.39. The van der Waals surface area contributed by atoms with Crippen LogP contribution in [0.1, 0.15) is 39.0 Å². The summed E-state index contributed by atoms with van der Waals surface area (Å²) in [5, 5.41) is 8.02. The second-order valence-corrected chi connectivity index (χ2v) is 8.53. The molecule has 2 heterocycles. The summed E-state index contributed by atoms with van der Waals surface area (Å²) >= 11 is 1.36. The van der Waals surface area contributed by atoms with Gasteiger partial charge in [0.25, 0.3) is 0 Å². The quantitative estimate of drug-likeness (QED) is 0.786. The van der Waals surface area contributed by atoms with Crippen LogP contribution in [-0.2, 0) is 14.4 Å². The standard InChI is InChI=1S/C21H24N4O3S/c1-13(26)22-16-8-6-14(7-9-16)18-12-29-21(23-18)24-20(28)15-10-19(27)25(11-15)17-4-2-3-5-17/h6-9,12,15,17H,2-5,10-11H2,1H3,(H,22,26)(H,23,24,28). The van der Waals surface area contributed by atoms with Gasteiger partial charge < -0.3 is 15.5 Å². The first kappa shape index (κ1) is 19.6. The zero-order valence-corrected chi connectivity index (χ0v) is 17.1. The van der Waals surface area contributed by atoms with Gasteiger partial charge in [0, 0.05) is 42.6 Å². The average Bonchev–Trinajstić information content (AvgIpc) is 3.42. The SMILES string of the molecule is CC(=O)Nc1ccc(-c2csc(NC(=O)C3CC(=O)N(C4CCCC4)C3)n2)cc1. The number of thiazole rings is 1. The average molecular weight is 413 g/mol. The van der Waals surface area contributed by atoms with Crippen LogP contribution in [0.25, 0.3) is 11.3 Å². The fraction of sp³-hybridized carbons (Fsp3) is 0.429. The molecule has 29 heavy (non-hydrogen) atoms. The predicted octanol–water partition coefficient (Wildman–Crippen LogP) is 3.50. The van der Waals surface area contributed by atoms with Crippen LogP contribution in [0, 0.1) is 5.92 Å². The molecule has 0 radical (unpaired) electrons. The third-order valence-corrected chi connectivity index (χ3v) is 6.29.